The molecule has 0 amide bonds. The van der Waals surface area contributed by atoms with E-state index in [1.165, 1.54) is 19.1 Å². The van der Waals surface area contributed by atoms with E-state index in [2.05, 4.69) is 9.72 Å². The fraction of sp³-hybridized carbons (Fsp3) is 0.286. The van der Waals surface area contributed by atoms with Crippen molar-refractivity contribution in [3.63, 3.8) is 0 Å². The van der Waals surface area contributed by atoms with E-state index in [-0.39, 0.29) is 18.1 Å². The topological polar surface area (TPSA) is 52.3 Å². The molecule has 0 saturated heterocycles. The first-order chi connectivity index (χ1) is 9.92. The number of oxazole rings is 1. The number of rotatable bonds is 4. The second-order valence-corrected chi connectivity index (χ2v) is 4.27. The van der Waals surface area contributed by atoms with Gasteiger partial charge in [0.15, 0.2) is 5.69 Å². The summed E-state index contributed by atoms with van der Waals surface area (Å²) < 4.78 is 48.9. The Kier molecular flexibility index (Phi) is 4.30. The van der Waals surface area contributed by atoms with Crippen molar-refractivity contribution in [2.75, 3.05) is 6.61 Å². The summed E-state index contributed by atoms with van der Waals surface area (Å²) in [6, 6.07) is 3.87. The second kappa shape index (κ2) is 5.99. The number of aromatic nitrogens is 1. The van der Waals surface area contributed by atoms with Gasteiger partial charge in [-0.25, -0.2) is 22.9 Å². The van der Waals surface area contributed by atoms with Gasteiger partial charge in [0.1, 0.15) is 5.82 Å². The first kappa shape index (κ1) is 15.1. The molecule has 0 saturated carbocycles. The molecule has 112 valence electrons. The zero-order chi connectivity index (χ0) is 15.6. The Morgan fingerprint density at radius 2 is 2.10 bits per heavy atom. The highest BCUT2D eigenvalue weighted by Crippen LogP contribution is 2.29. The number of halogens is 3. The van der Waals surface area contributed by atoms with Gasteiger partial charge in [0.2, 0.25) is 11.7 Å². The summed E-state index contributed by atoms with van der Waals surface area (Å²) in [4.78, 5) is 15.2. The molecule has 2 rings (SSSR count). The molecule has 7 heteroatoms. The Morgan fingerprint density at radius 3 is 2.67 bits per heavy atom. The van der Waals surface area contributed by atoms with Crippen LogP contribution in [0.15, 0.2) is 22.6 Å². The van der Waals surface area contributed by atoms with Gasteiger partial charge in [0, 0.05) is 5.56 Å². The molecular formula is C14H12F3NO3. The molecule has 0 aliphatic heterocycles. The number of hydrogen-bond donors (Lipinski definition) is 0. The molecule has 0 aliphatic carbocycles. The molecule has 0 bridgehead atoms. The number of alkyl halides is 2. The largest absolute Gasteiger partial charge is 0.460 e. The maximum absolute atomic E-state index is 13.3. The van der Waals surface area contributed by atoms with Gasteiger partial charge < -0.3 is 9.15 Å². The van der Waals surface area contributed by atoms with Gasteiger partial charge in [-0.2, -0.15) is 0 Å². The summed E-state index contributed by atoms with van der Waals surface area (Å²) >= 11 is 0. The van der Waals surface area contributed by atoms with E-state index in [9.17, 15) is 18.0 Å². The number of carbonyl (C=O) groups is 1. The van der Waals surface area contributed by atoms with Crippen LogP contribution in [-0.4, -0.2) is 17.6 Å². The number of benzene rings is 1. The summed E-state index contributed by atoms with van der Waals surface area (Å²) in [7, 11) is 0. The molecule has 21 heavy (non-hydrogen) atoms. The third-order valence-corrected chi connectivity index (χ3v) is 2.61. The normalized spacial score (nSPS) is 11.0. The molecule has 2 aromatic rings. The van der Waals surface area contributed by atoms with E-state index in [1.54, 1.807) is 6.92 Å². The summed E-state index contributed by atoms with van der Waals surface area (Å²) in [5, 5.41) is 0. The van der Waals surface area contributed by atoms with Gasteiger partial charge >= 0.3 is 5.97 Å². The molecule has 0 N–H and O–H groups in total. The molecule has 0 aliphatic rings. The zero-order valence-electron chi connectivity index (χ0n) is 11.3. The fourth-order valence-corrected chi connectivity index (χ4v) is 1.81. The minimum absolute atomic E-state index is 0.0105. The van der Waals surface area contributed by atoms with E-state index in [4.69, 9.17) is 4.42 Å². The van der Waals surface area contributed by atoms with Crippen molar-refractivity contribution in [2.45, 2.75) is 20.3 Å². The number of esters is 1. The lowest BCUT2D eigenvalue weighted by Crippen LogP contribution is -2.06. The van der Waals surface area contributed by atoms with Crippen LogP contribution in [0.25, 0.3) is 11.5 Å². The molecule has 1 heterocycles. The average Bonchev–Trinajstić information content (AvgIpc) is 2.83. The van der Waals surface area contributed by atoms with Crippen LogP contribution in [0.3, 0.4) is 0 Å². The van der Waals surface area contributed by atoms with Crippen LogP contribution in [0.2, 0.25) is 0 Å². The SMILES string of the molecule is CCOC(=O)c1oc(-c2cc(C)cc(F)c2)nc1C(F)F. The van der Waals surface area contributed by atoms with E-state index in [1.807, 2.05) is 0 Å². The summed E-state index contributed by atoms with van der Waals surface area (Å²) in [6.45, 7) is 3.18. The molecule has 0 atom stereocenters. The van der Waals surface area contributed by atoms with Crippen LogP contribution in [-0.2, 0) is 4.74 Å². The van der Waals surface area contributed by atoms with Crippen molar-refractivity contribution >= 4 is 5.97 Å². The molecule has 1 aromatic carbocycles. The molecule has 0 spiro atoms. The molecular weight excluding hydrogens is 287 g/mol. The lowest BCUT2D eigenvalue weighted by molar-refractivity contribution is 0.0476. The van der Waals surface area contributed by atoms with Gasteiger partial charge in [0.05, 0.1) is 6.61 Å². The Balaban J connectivity index is 2.50. The maximum atomic E-state index is 13.3. The zero-order valence-corrected chi connectivity index (χ0v) is 11.3. The van der Waals surface area contributed by atoms with Gasteiger partial charge in [0.25, 0.3) is 6.43 Å². The van der Waals surface area contributed by atoms with Crippen molar-refractivity contribution in [2.24, 2.45) is 0 Å². The number of ether oxygens (including phenoxy) is 1. The van der Waals surface area contributed by atoms with Crippen LogP contribution < -0.4 is 0 Å². The highest BCUT2D eigenvalue weighted by atomic mass is 19.3. The predicted octanol–water partition coefficient (Wildman–Crippen LogP) is 3.90. The standard InChI is InChI=1S/C14H12F3NO3/c1-3-20-14(19)11-10(12(16)17)18-13(21-11)8-4-7(2)5-9(15)6-8/h4-6,12H,3H2,1-2H3. The first-order valence-corrected chi connectivity index (χ1v) is 6.16. The summed E-state index contributed by atoms with van der Waals surface area (Å²) in [5.41, 5.74) is -0.0743. The van der Waals surface area contributed by atoms with E-state index in [0.29, 0.717) is 5.56 Å². The monoisotopic (exact) mass is 299 g/mol. The van der Waals surface area contributed by atoms with E-state index >= 15 is 0 Å². The third-order valence-electron chi connectivity index (χ3n) is 2.61. The fourth-order valence-electron chi connectivity index (χ4n) is 1.81. The lowest BCUT2D eigenvalue weighted by atomic mass is 10.1. The van der Waals surface area contributed by atoms with Crippen LogP contribution in [0.4, 0.5) is 13.2 Å². The Morgan fingerprint density at radius 1 is 1.38 bits per heavy atom. The number of nitrogens with zero attached hydrogens (tertiary/aromatic N) is 1. The summed E-state index contributed by atoms with van der Waals surface area (Å²) in [5.74, 6) is -2.50. The third kappa shape index (κ3) is 3.24. The Hall–Kier alpha value is -2.31. The highest BCUT2D eigenvalue weighted by Gasteiger charge is 2.28. The predicted molar refractivity (Wildman–Crippen MR) is 67.5 cm³/mol. The van der Waals surface area contributed by atoms with Gasteiger partial charge in [-0.15, -0.1) is 0 Å². The van der Waals surface area contributed by atoms with Crippen molar-refractivity contribution in [1.29, 1.82) is 0 Å². The first-order valence-electron chi connectivity index (χ1n) is 6.16. The van der Waals surface area contributed by atoms with Crippen LogP contribution in [0.5, 0.6) is 0 Å². The maximum Gasteiger partial charge on any atom is 0.376 e. The molecule has 1 aromatic heterocycles. The Bertz CT molecular complexity index is 647. The second-order valence-electron chi connectivity index (χ2n) is 4.27. The molecule has 0 fully saturated rings. The van der Waals surface area contributed by atoms with Crippen molar-refractivity contribution < 1.29 is 27.1 Å². The summed E-state index contributed by atoms with van der Waals surface area (Å²) in [6.07, 6.45) is -3.00. The molecule has 4 nitrogen and oxygen atoms in total. The lowest BCUT2D eigenvalue weighted by Gasteiger charge is -1.99. The van der Waals surface area contributed by atoms with Crippen molar-refractivity contribution in [3.8, 4) is 11.5 Å². The molecule has 0 unspecified atom stereocenters. The van der Waals surface area contributed by atoms with Crippen molar-refractivity contribution in [3.05, 3.63) is 41.0 Å². The highest BCUT2D eigenvalue weighted by molar-refractivity contribution is 5.88. The average molecular weight is 299 g/mol. The van der Waals surface area contributed by atoms with Crippen LogP contribution in [0, 0.1) is 12.7 Å². The number of aryl methyl sites for hydroxylation is 1. The number of hydrogen-bond acceptors (Lipinski definition) is 4. The van der Waals surface area contributed by atoms with Crippen LogP contribution in [0.1, 0.15) is 35.2 Å². The van der Waals surface area contributed by atoms with Crippen molar-refractivity contribution in [1.82, 2.24) is 4.98 Å². The quantitative estimate of drug-likeness (QED) is 0.803. The van der Waals surface area contributed by atoms with Gasteiger partial charge in [-0.05, 0) is 37.6 Å². The van der Waals surface area contributed by atoms with E-state index < -0.39 is 29.7 Å². The minimum Gasteiger partial charge on any atom is -0.460 e. The number of carbonyl (C=O) groups excluding carboxylic acids is 1. The van der Waals surface area contributed by atoms with E-state index in [0.717, 1.165) is 6.07 Å². The Labute approximate surface area is 118 Å². The smallest absolute Gasteiger partial charge is 0.376 e. The molecule has 0 radical (unpaired) electrons. The minimum atomic E-state index is -3.00. The van der Waals surface area contributed by atoms with Crippen LogP contribution >= 0.6 is 0 Å². The van der Waals surface area contributed by atoms with Gasteiger partial charge in [-0.3, -0.25) is 0 Å². The van der Waals surface area contributed by atoms with Gasteiger partial charge in [-0.1, -0.05) is 0 Å².